The van der Waals surface area contributed by atoms with E-state index in [1.54, 1.807) is 32.4 Å². The van der Waals surface area contributed by atoms with Crippen molar-refractivity contribution in [3.05, 3.63) is 23.8 Å². The van der Waals surface area contributed by atoms with Gasteiger partial charge in [0, 0.05) is 32.1 Å². The molecule has 0 atom stereocenters. The summed E-state index contributed by atoms with van der Waals surface area (Å²) in [5.74, 6) is 1.34. The number of ketones is 1. The maximum Gasteiger partial charge on any atom is 0.162 e. The van der Waals surface area contributed by atoms with Gasteiger partial charge in [0.05, 0.1) is 13.7 Å². The van der Waals surface area contributed by atoms with Gasteiger partial charge in [0.2, 0.25) is 0 Å². The van der Waals surface area contributed by atoms with Crippen LogP contribution in [0.15, 0.2) is 18.2 Å². The van der Waals surface area contributed by atoms with Crippen LogP contribution in [-0.2, 0) is 4.74 Å². The number of ether oxygens (including phenoxy) is 3. The monoisotopic (exact) mass is 252 g/mol. The quantitative estimate of drug-likeness (QED) is 0.527. The second-order valence-electron chi connectivity index (χ2n) is 3.84. The van der Waals surface area contributed by atoms with Gasteiger partial charge in [-0.2, -0.15) is 0 Å². The summed E-state index contributed by atoms with van der Waals surface area (Å²) in [5, 5.41) is 0. The van der Waals surface area contributed by atoms with Gasteiger partial charge in [0.25, 0.3) is 0 Å². The second kappa shape index (κ2) is 7.71. The van der Waals surface area contributed by atoms with E-state index in [1.165, 1.54) is 0 Å². The Labute approximate surface area is 108 Å². The molecule has 4 heteroatoms. The zero-order valence-electron chi connectivity index (χ0n) is 11.2. The first-order chi connectivity index (χ1) is 8.72. The summed E-state index contributed by atoms with van der Waals surface area (Å²) in [4.78, 5) is 11.6. The fraction of sp³-hybridized carbons (Fsp3) is 0.500. The van der Waals surface area contributed by atoms with Crippen LogP contribution in [0, 0.1) is 0 Å². The Balaban J connectivity index is 2.75. The minimum atomic E-state index is 0.0967. The highest BCUT2D eigenvalue weighted by Gasteiger charge is 2.09. The van der Waals surface area contributed by atoms with E-state index in [9.17, 15) is 4.79 Å². The van der Waals surface area contributed by atoms with E-state index >= 15 is 0 Å². The Morgan fingerprint density at radius 1 is 1.17 bits per heavy atom. The molecule has 0 N–H and O–H groups in total. The van der Waals surface area contributed by atoms with Crippen LogP contribution >= 0.6 is 0 Å². The molecule has 0 spiro atoms. The highest BCUT2D eigenvalue weighted by Crippen LogP contribution is 2.28. The van der Waals surface area contributed by atoms with Gasteiger partial charge in [-0.3, -0.25) is 4.79 Å². The third kappa shape index (κ3) is 4.04. The Morgan fingerprint density at radius 3 is 2.56 bits per heavy atom. The average Bonchev–Trinajstić information content (AvgIpc) is 2.42. The lowest BCUT2D eigenvalue weighted by Gasteiger charge is -2.11. The first-order valence-corrected chi connectivity index (χ1v) is 6.05. The van der Waals surface area contributed by atoms with Gasteiger partial charge >= 0.3 is 0 Å². The van der Waals surface area contributed by atoms with Crippen LogP contribution in [0.3, 0.4) is 0 Å². The molecule has 0 aliphatic carbocycles. The molecule has 0 aliphatic rings. The van der Waals surface area contributed by atoms with Crippen molar-refractivity contribution >= 4 is 5.78 Å². The summed E-state index contributed by atoms with van der Waals surface area (Å²) in [7, 11) is 3.24. The number of Topliss-reactive ketones (excluding diaryl/α,β-unsaturated/α-hetero) is 1. The molecule has 0 amide bonds. The normalized spacial score (nSPS) is 10.2. The summed E-state index contributed by atoms with van der Waals surface area (Å²) >= 11 is 0. The molecule has 0 aliphatic heterocycles. The Morgan fingerprint density at radius 2 is 1.94 bits per heavy atom. The molecular weight excluding hydrogens is 232 g/mol. The van der Waals surface area contributed by atoms with Gasteiger partial charge in [-0.1, -0.05) is 6.92 Å². The van der Waals surface area contributed by atoms with Gasteiger partial charge in [-0.15, -0.1) is 0 Å². The molecule has 100 valence electrons. The molecule has 0 bridgehead atoms. The molecule has 1 aromatic carbocycles. The summed E-state index contributed by atoms with van der Waals surface area (Å²) in [6.45, 7) is 3.02. The second-order valence-corrected chi connectivity index (χ2v) is 3.84. The lowest BCUT2D eigenvalue weighted by Crippen LogP contribution is -2.04. The third-order valence-electron chi connectivity index (χ3n) is 2.56. The van der Waals surface area contributed by atoms with Gasteiger partial charge in [0.15, 0.2) is 17.3 Å². The first-order valence-electron chi connectivity index (χ1n) is 6.05. The molecule has 0 heterocycles. The van der Waals surface area contributed by atoms with Gasteiger partial charge in [-0.05, 0) is 18.2 Å². The van der Waals surface area contributed by atoms with Crippen LogP contribution in [-0.4, -0.2) is 33.2 Å². The number of methoxy groups -OCH3 is 2. The number of rotatable bonds is 8. The largest absolute Gasteiger partial charge is 0.493 e. The summed E-state index contributed by atoms with van der Waals surface area (Å²) in [6.07, 6.45) is 1.28. The maximum atomic E-state index is 11.6. The van der Waals surface area contributed by atoms with E-state index < -0.39 is 0 Å². The minimum absolute atomic E-state index is 0.0967. The molecule has 0 unspecified atom stereocenters. The van der Waals surface area contributed by atoms with E-state index in [2.05, 4.69) is 0 Å². The summed E-state index contributed by atoms with van der Waals surface area (Å²) in [6, 6.07) is 5.25. The zero-order valence-corrected chi connectivity index (χ0v) is 11.2. The molecule has 18 heavy (non-hydrogen) atoms. The molecule has 1 rings (SSSR count). The Kier molecular flexibility index (Phi) is 6.22. The first kappa shape index (κ1) is 14.5. The van der Waals surface area contributed by atoms with E-state index in [1.807, 2.05) is 6.92 Å². The average molecular weight is 252 g/mol. The van der Waals surface area contributed by atoms with Crippen LogP contribution in [0.1, 0.15) is 30.1 Å². The predicted octanol–water partition coefficient (Wildman–Crippen LogP) is 2.70. The lowest BCUT2D eigenvalue weighted by atomic mass is 10.1. The van der Waals surface area contributed by atoms with Gasteiger partial charge in [0.1, 0.15) is 0 Å². The SMILES string of the molecule is CCC(=O)c1ccc(OC)c(OCCCOC)c1. The van der Waals surface area contributed by atoms with Crippen molar-refractivity contribution in [1.29, 1.82) is 0 Å². The topological polar surface area (TPSA) is 44.8 Å². The number of carbonyl (C=O) groups is 1. The minimum Gasteiger partial charge on any atom is -0.493 e. The van der Waals surface area contributed by atoms with Crippen LogP contribution in [0.5, 0.6) is 11.5 Å². The van der Waals surface area contributed by atoms with E-state index in [-0.39, 0.29) is 5.78 Å². The van der Waals surface area contributed by atoms with Crippen molar-refractivity contribution in [2.24, 2.45) is 0 Å². The van der Waals surface area contributed by atoms with Crippen molar-refractivity contribution in [1.82, 2.24) is 0 Å². The van der Waals surface area contributed by atoms with Crippen molar-refractivity contribution in [3.63, 3.8) is 0 Å². The lowest BCUT2D eigenvalue weighted by molar-refractivity contribution is 0.0987. The van der Waals surface area contributed by atoms with Crippen LogP contribution < -0.4 is 9.47 Å². The molecule has 0 aromatic heterocycles. The number of hydrogen-bond acceptors (Lipinski definition) is 4. The third-order valence-corrected chi connectivity index (χ3v) is 2.56. The van der Waals surface area contributed by atoms with E-state index in [0.717, 1.165) is 6.42 Å². The molecule has 0 saturated heterocycles. The number of hydrogen-bond donors (Lipinski definition) is 0. The van der Waals surface area contributed by atoms with Gasteiger partial charge in [-0.25, -0.2) is 0 Å². The Bertz CT molecular complexity index is 387. The van der Waals surface area contributed by atoms with Crippen LogP contribution in [0.25, 0.3) is 0 Å². The van der Waals surface area contributed by atoms with Crippen molar-refractivity contribution in [2.75, 3.05) is 27.4 Å². The molecule has 4 nitrogen and oxygen atoms in total. The van der Waals surface area contributed by atoms with Crippen LogP contribution in [0.2, 0.25) is 0 Å². The van der Waals surface area contributed by atoms with Crippen molar-refractivity contribution in [2.45, 2.75) is 19.8 Å². The predicted molar refractivity (Wildman–Crippen MR) is 69.6 cm³/mol. The van der Waals surface area contributed by atoms with Gasteiger partial charge < -0.3 is 14.2 Å². The molecular formula is C14H20O4. The summed E-state index contributed by atoms with van der Waals surface area (Å²) < 4.78 is 15.8. The molecule has 0 fully saturated rings. The molecule has 1 aromatic rings. The number of benzene rings is 1. The van der Waals surface area contributed by atoms with Crippen LogP contribution in [0.4, 0.5) is 0 Å². The zero-order chi connectivity index (χ0) is 13.4. The fourth-order valence-corrected chi connectivity index (χ4v) is 1.55. The van der Waals surface area contributed by atoms with Crippen molar-refractivity contribution < 1.29 is 19.0 Å². The highest BCUT2D eigenvalue weighted by molar-refractivity contribution is 5.96. The number of carbonyl (C=O) groups excluding carboxylic acids is 1. The van der Waals surface area contributed by atoms with Crippen molar-refractivity contribution in [3.8, 4) is 11.5 Å². The fourth-order valence-electron chi connectivity index (χ4n) is 1.55. The van der Waals surface area contributed by atoms with E-state index in [0.29, 0.717) is 36.7 Å². The Hall–Kier alpha value is -1.55. The summed E-state index contributed by atoms with van der Waals surface area (Å²) in [5.41, 5.74) is 0.653. The van der Waals surface area contributed by atoms with E-state index in [4.69, 9.17) is 14.2 Å². The highest BCUT2D eigenvalue weighted by atomic mass is 16.5. The standard InChI is InChI=1S/C14H20O4/c1-4-12(15)11-6-7-13(17-3)14(10-11)18-9-5-8-16-2/h6-7,10H,4-5,8-9H2,1-3H3. The smallest absolute Gasteiger partial charge is 0.162 e. The maximum absolute atomic E-state index is 11.6. The molecule has 0 radical (unpaired) electrons. The molecule has 0 saturated carbocycles.